The van der Waals surface area contributed by atoms with Crippen LogP contribution < -0.4 is 4.74 Å². The summed E-state index contributed by atoms with van der Waals surface area (Å²) in [4.78, 5) is 20.9. The van der Waals surface area contributed by atoms with E-state index in [1.807, 2.05) is 0 Å². The second kappa shape index (κ2) is 6.50. The monoisotopic (exact) mass is 344 g/mol. The van der Waals surface area contributed by atoms with Crippen molar-refractivity contribution in [2.45, 2.75) is 30.8 Å². The molecule has 1 saturated heterocycles. The van der Waals surface area contributed by atoms with Gasteiger partial charge in [-0.15, -0.1) is 0 Å². The molecule has 1 aliphatic heterocycles. The molecule has 1 fully saturated rings. The van der Waals surface area contributed by atoms with Crippen LogP contribution in [0.5, 0.6) is 5.75 Å². The van der Waals surface area contributed by atoms with Gasteiger partial charge in [-0.1, -0.05) is 0 Å². The minimum atomic E-state index is -3.80. The predicted octanol–water partition coefficient (Wildman–Crippen LogP) is 1.23. The smallest absolute Gasteiger partial charge is 0.344 e. The van der Waals surface area contributed by atoms with Crippen molar-refractivity contribution in [1.82, 2.24) is 4.31 Å². The summed E-state index contributed by atoms with van der Waals surface area (Å²) in [6.45, 7) is 1.98. The van der Waals surface area contributed by atoms with E-state index in [9.17, 15) is 23.3 Å². The summed E-state index contributed by atoms with van der Waals surface area (Å²) in [5.74, 6) is -1.57. The van der Waals surface area contributed by atoms with Crippen LogP contribution in [-0.2, 0) is 14.8 Å². The summed E-state index contributed by atoms with van der Waals surface area (Å²) in [5, 5.41) is 19.9. The minimum Gasteiger partial charge on any atom is -0.479 e. The van der Waals surface area contributed by atoms with Gasteiger partial charge in [0.15, 0.2) is 11.9 Å². The fraction of sp³-hybridized carbons (Fsp3) is 0.462. The van der Waals surface area contributed by atoms with Crippen molar-refractivity contribution in [3.8, 4) is 5.75 Å². The number of hydrogen-bond donors (Lipinski definition) is 1. The van der Waals surface area contributed by atoms with Gasteiger partial charge in [0.2, 0.25) is 10.0 Å². The Labute approximate surface area is 132 Å². The molecule has 1 aliphatic rings. The highest BCUT2D eigenvalue weighted by molar-refractivity contribution is 7.89. The Kier molecular flexibility index (Phi) is 4.85. The largest absolute Gasteiger partial charge is 0.479 e. The first-order valence-corrected chi connectivity index (χ1v) is 8.35. The van der Waals surface area contributed by atoms with Gasteiger partial charge in [0.05, 0.1) is 9.82 Å². The molecule has 9 nitrogen and oxygen atoms in total. The SMILES string of the molecule is CC(Oc1ccc(S(=O)(=O)N2CCCC2)cc1[N+](=O)[O-])C(=O)O. The summed E-state index contributed by atoms with van der Waals surface area (Å²) in [6.07, 6.45) is 0.201. The number of hydrogen-bond acceptors (Lipinski definition) is 6. The summed E-state index contributed by atoms with van der Waals surface area (Å²) in [5.41, 5.74) is -0.585. The number of nitro benzene ring substituents is 1. The van der Waals surface area contributed by atoms with Gasteiger partial charge >= 0.3 is 11.7 Å². The van der Waals surface area contributed by atoms with Crippen molar-refractivity contribution in [2.75, 3.05) is 13.1 Å². The number of nitro groups is 1. The van der Waals surface area contributed by atoms with Gasteiger partial charge in [0, 0.05) is 19.2 Å². The Bertz CT molecular complexity index is 726. The maximum atomic E-state index is 12.4. The highest BCUT2D eigenvalue weighted by atomic mass is 32.2. The maximum absolute atomic E-state index is 12.4. The lowest BCUT2D eigenvalue weighted by atomic mass is 10.3. The van der Waals surface area contributed by atoms with Crippen LogP contribution in [0.2, 0.25) is 0 Å². The highest BCUT2D eigenvalue weighted by Crippen LogP contribution is 2.32. The van der Waals surface area contributed by atoms with Crippen molar-refractivity contribution < 1.29 is 28.0 Å². The third-order valence-corrected chi connectivity index (χ3v) is 5.38. The number of carboxylic acid groups (broad SMARTS) is 1. The fourth-order valence-electron chi connectivity index (χ4n) is 2.22. The topological polar surface area (TPSA) is 127 Å². The van der Waals surface area contributed by atoms with Gasteiger partial charge in [-0.25, -0.2) is 13.2 Å². The van der Waals surface area contributed by atoms with Gasteiger partial charge in [-0.05, 0) is 31.9 Å². The third kappa shape index (κ3) is 3.59. The number of carbonyl (C=O) groups is 1. The molecule has 1 aromatic carbocycles. The first-order chi connectivity index (χ1) is 10.7. The van der Waals surface area contributed by atoms with Crippen molar-refractivity contribution in [1.29, 1.82) is 0 Å². The highest BCUT2D eigenvalue weighted by Gasteiger charge is 2.30. The van der Waals surface area contributed by atoms with Crippen LogP contribution in [0, 0.1) is 10.1 Å². The Morgan fingerprint density at radius 1 is 1.39 bits per heavy atom. The Balaban J connectivity index is 2.39. The van der Waals surface area contributed by atoms with E-state index in [1.54, 1.807) is 0 Å². The molecule has 0 spiro atoms. The molecule has 0 bridgehead atoms. The van der Waals surface area contributed by atoms with E-state index in [1.165, 1.54) is 17.3 Å². The molecule has 0 saturated carbocycles. The molecule has 126 valence electrons. The van der Waals surface area contributed by atoms with E-state index in [0.29, 0.717) is 13.1 Å². The molecule has 1 unspecified atom stereocenters. The molecule has 1 heterocycles. The van der Waals surface area contributed by atoms with Crippen molar-refractivity contribution in [2.24, 2.45) is 0 Å². The normalized spacial score (nSPS) is 16.9. The number of carboxylic acids is 1. The Morgan fingerprint density at radius 3 is 2.52 bits per heavy atom. The second-order valence-corrected chi connectivity index (χ2v) is 7.03. The lowest BCUT2D eigenvalue weighted by Gasteiger charge is -2.16. The number of nitrogens with zero attached hydrogens (tertiary/aromatic N) is 2. The van der Waals surface area contributed by atoms with Crippen LogP contribution in [0.25, 0.3) is 0 Å². The maximum Gasteiger partial charge on any atom is 0.344 e. The number of ether oxygens (including phenoxy) is 1. The third-order valence-electron chi connectivity index (χ3n) is 3.48. The number of sulfonamides is 1. The Morgan fingerprint density at radius 2 is 2.00 bits per heavy atom. The van der Waals surface area contributed by atoms with Crippen molar-refractivity contribution in [3.05, 3.63) is 28.3 Å². The molecule has 0 radical (unpaired) electrons. The summed E-state index contributed by atoms with van der Waals surface area (Å²) in [6, 6.07) is 3.20. The molecule has 23 heavy (non-hydrogen) atoms. The number of aliphatic carboxylic acids is 1. The van der Waals surface area contributed by atoms with Gasteiger partial charge in [0.1, 0.15) is 0 Å². The molecule has 0 amide bonds. The quantitative estimate of drug-likeness (QED) is 0.607. The summed E-state index contributed by atoms with van der Waals surface area (Å²) in [7, 11) is -3.80. The van der Waals surface area contributed by atoms with Crippen molar-refractivity contribution >= 4 is 21.7 Å². The standard InChI is InChI=1S/C13H16N2O7S/c1-9(13(16)17)22-12-5-4-10(8-11(12)15(18)19)23(20,21)14-6-2-3-7-14/h4-5,8-9H,2-3,6-7H2,1H3,(H,16,17). The molecular formula is C13H16N2O7S. The lowest BCUT2D eigenvalue weighted by molar-refractivity contribution is -0.386. The molecule has 0 aromatic heterocycles. The molecule has 1 atom stereocenters. The van der Waals surface area contributed by atoms with E-state index in [2.05, 4.69) is 0 Å². The summed E-state index contributed by atoms with van der Waals surface area (Å²) < 4.78 is 31.1. The lowest BCUT2D eigenvalue weighted by Crippen LogP contribution is -2.28. The van der Waals surface area contributed by atoms with Gasteiger partial charge in [0.25, 0.3) is 0 Å². The van der Waals surface area contributed by atoms with E-state index in [4.69, 9.17) is 9.84 Å². The van der Waals surface area contributed by atoms with Crippen LogP contribution >= 0.6 is 0 Å². The predicted molar refractivity (Wildman–Crippen MR) is 78.8 cm³/mol. The molecule has 2 rings (SSSR count). The summed E-state index contributed by atoms with van der Waals surface area (Å²) >= 11 is 0. The van der Waals surface area contributed by atoms with Crippen molar-refractivity contribution in [3.63, 3.8) is 0 Å². The van der Waals surface area contributed by atoms with E-state index in [-0.39, 0.29) is 10.6 Å². The molecular weight excluding hydrogens is 328 g/mol. The van der Waals surface area contributed by atoms with Gasteiger partial charge in [-0.2, -0.15) is 4.31 Å². The average Bonchev–Trinajstić information content (AvgIpc) is 3.01. The van der Waals surface area contributed by atoms with Gasteiger partial charge in [-0.3, -0.25) is 10.1 Å². The number of benzene rings is 1. The van der Waals surface area contributed by atoms with Crippen LogP contribution in [0.15, 0.2) is 23.1 Å². The zero-order valence-electron chi connectivity index (χ0n) is 12.3. The van der Waals surface area contributed by atoms with Crippen LogP contribution in [0.1, 0.15) is 19.8 Å². The first-order valence-electron chi connectivity index (χ1n) is 6.91. The zero-order chi connectivity index (χ0) is 17.2. The first kappa shape index (κ1) is 17.2. The average molecular weight is 344 g/mol. The molecule has 1 aromatic rings. The second-order valence-electron chi connectivity index (χ2n) is 5.10. The van der Waals surface area contributed by atoms with E-state index in [0.717, 1.165) is 25.0 Å². The molecule has 0 aliphatic carbocycles. The van der Waals surface area contributed by atoms with Gasteiger partial charge < -0.3 is 9.84 Å². The van der Waals surface area contributed by atoms with Crippen LogP contribution in [0.3, 0.4) is 0 Å². The zero-order valence-corrected chi connectivity index (χ0v) is 13.2. The molecule has 10 heteroatoms. The van der Waals surface area contributed by atoms with Crippen LogP contribution in [0.4, 0.5) is 5.69 Å². The molecule has 1 N–H and O–H groups in total. The van der Waals surface area contributed by atoms with E-state index < -0.39 is 32.7 Å². The Hall–Kier alpha value is -2.20. The fourth-order valence-corrected chi connectivity index (χ4v) is 3.76. The number of rotatable bonds is 6. The van der Waals surface area contributed by atoms with Crippen LogP contribution in [-0.4, -0.2) is 47.9 Å². The van der Waals surface area contributed by atoms with E-state index >= 15 is 0 Å². The minimum absolute atomic E-state index is 0.207.